The summed E-state index contributed by atoms with van der Waals surface area (Å²) in [6.07, 6.45) is 8.88. The minimum Gasteiger partial charge on any atom is -0.396 e. The molecule has 4 heteroatoms. The number of thiophene rings is 1. The minimum absolute atomic E-state index is 0.675. The quantitative estimate of drug-likeness (QED) is 0.599. The van der Waals surface area contributed by atoms with E-state index in [1.165, 1.54) is 0 Å². The largest absolute Gasteiger partial charge is 0.396 e. The van der Waals surface area contributed by atoms with Crippen LogP contribution in [-0.2, 0) is 0 Å². The van der Waals surface area contributed by atoms with E-state index in [1.54, 1.807) is 23.7 Å². The van der Waals surface area contributed by atoms with Gasteiger partial charge in [-0.1, -0.05) is 5.92 Å². The zero-order chi connectivity index (χ0) is 9.42. The summed E-state index contributed by atoms with van der Waals surface area (Å²) in [6, 6.07) is 0. The first kappa shape index (κ1) is 8.78. The lowest BCUT2D eigenvalue weighted by molar-refractivity contribution is 1.35. The number of terminal acetylenes is 1. The van der Waals surface area contributed by atoms with Crippen LogP contribution in [0.4, 0.5) is 5.69 Å². The number of hydrogen-bond donors (Lipinski definition) is 1. The van der Waals surface area contributed by atoms with Crippen LogP contribution in [0.25, 0.3) is 10.1 Å². The number of nitrogens with two attached hydrogens (primary N) is 1. The summed E-state index contributed by atoms with van der Waals surface area (Å²) in [5.74, 6) is 2.57. The van der Waals surface area contributed by atoms with Crippen LogP contribution in [0, 0.1) is 15.9 Å². The van der Waals surface area contributed by atoms with E-state index >= 15 is 0 Å². The maximum absolute atomic E-state index is 5.84. The van der Waals surface area contributed by atoms with E-state index in [2.05, 4.69) is 33.5 Å². The molecule has 0 unspecified atom stereocenters. The number of pyridine rings is 1. The second kappa shape index (κ2) is 3.16. The van der Waals surface area contributed by atoms with Gasteiger partial charge in [0.1, 0.15) is 4.88 Å². The van der Waals surface area contributed by atoms with E-state index in [4.69, 9.17) is 12.2 Å². The van der Waals surface area contributed by atoms with Crippen molar-refractivity contribution in [2.24, 2.45) is 0 Å². The van der Waals surface area contributed by atoms with Gasteiger partial charge in [-0.25, -0.2) is 0 Å². The van der Waals surface area contributed by atoms with Crippen LogP contribution in [-0.4, -0.2) is 4.98 Å². The van der Waals surface area contributed by atoms with E-state index < -0.39 is 0 Å². The third-order valence-corrected chi connectivity index (χ3v) is 4.09. The fourth-order valence-electron chi connectivity index (χ4n) is 1.11. The lowest BCUT2D eigenvalue weighted by Gasteiger charge is -1.91. The first-order valence-electron chi connectivity index (χ1n) is 3.52. The van der Waals surface area contributed by atoms with Crippen molar-refractivity contribution in [1.82, 2.24) is 4.98 Å². The van der Waals surface area contributed by atoms with Gasteiger partial charge in [0.2, 0.25) is 0 Å². The summed E-state index contributed by atoms with van der Waals surface area (Å²) < 4.78 is 2.22. The number of anilines is 1. The highest BCUT2D eigenvalue weighted by Gasteiger charge is 2.09. The van der Waals surface area contributed by atoms with Crippen LogP contribution in [0.2, 0.25) is 0 Å². The van der Waals surface area contributed by atoms with Crippen molar-refractivity contribution in [3.63, 3.8) is 0 Å². The topological polar surface area (TPSA) is 38.9 Å². The molecule has 2 N–H and O–H groups in total. The molecule has 2 nitrogen and oxygen atoms in total. The van der Waals surface area contributed by atoms with Gasteiger partial charge in [0.05, 0.1) is 10.4 Å². The lowest BCUT2D eigenvalue weighted by Crippen LogP contribution is -1.85. The lowest BCUT2D eigenvalue weighted by atomic mass is 10.3. The van der Waals surface area contributed by atoms with Crippen LogP contribution in [0.15, 0.2) is 12.4 Å². The Labute approximate surface area is 93.3 Å². The number of nitrogen functional groups attached to an aromatic ring is 1. The van der Waals surface area contributed by atoms with Crippen molar-refractivity contribution < 1.29 is 0 Å². The Hall–Kier alpha value is -0.800. The minimum atomic E-state index is 0.675. The van der Waals surface area contributed by atoms with Crippen molar-refractivity contribution in [1.29, 1.82) is 0 Å². The van der Waals surface area contributed by atoms with Crippen LogP contribution < -0.4 is 5.73 Å². The van der Waals surface area contributed by atoms with Gasteiger partial charge in [-0.05, 0) is 22.6 Å². The molecule has 0 aromatic carbocycles. The summed E-state index contributed by atoms with van der Waals surface area (Å²) in [6.45, 7) is 0. The van der Waals surface area contributed by atoms with Gasteiger partial charge in [0, 0.05) is 21.4 Å². The Bertz CT molecular complexity index is 510. The molecule has 0 aliphatic rings. The van der Waals surface area contributed by atoms with Crippen molar-refractivity contribution in [2.45, 2.75) is 0 Å². The Morgan fingerprint density at radius 2 is 2.31 bits per heavy atom. The molecule has 0 aliphatic carbocycles. The van der Waals surface area contributed by atoms with Gasteiger partial charge >= 0.3 is 0 Å². The fraction of sp³-hybridized carbons (Fsp3) is 0. The molecule has 2 heterocycles. The van der Waals surface area contributed by atoms with Crippen molar-refractivity contribution in [2.75, 3.05) is 5.73 Å². The second-order valence-corrected chi connectivity index (χ2v) is 4.67. The van der Waals surface area contributed by atoms with Gasteiger partial charge in [-0.3, -0.25) is 4.98 Å². The maximum atomic E-state index is 5.84. The van der Waals surface area contributed by atoms with E-state index in [9.17, 15) is 0 Å². The molecule has 0 spiro atoms. The summed E-state index contributed by atoms with van der Waals surface area (Å²) in [7, 11) is 0. The Kier molecular flexibility index (Phi) is 2.14. The number of nitrogens with zero attached hydrogens (tertiary/aromatic N) is 1. The Morgan fingerprint density at radius 3 is 2.92 bits per heavy atom. The van der Waals surface area contributed by atoms with Gasteiger partial charge in [0.25, 0.3) is 0 Å². The van der Waals surface area contributed by atoms with Crippen LogP contribution in [0.1, 0.15) is 4.88 Å². The zero-order valence-electron chi connectivity index (χ0n) is 6.54. The maximum Gasteiger partial charge on any atom is 0.101 e. The summed E-state index contributed by atoms with van der Waals surface area (Å²) in [4.78, 5) is 4.86. The average Bonchev–Trinajstić information content (AvgIpc) is 2.45. The van der Waals surface area contributed by atoms with Gasteiger partial charge in [0.15, 0.2) is 0 Å². The number of halogens is 1. The molecule has 0 bridgehead atoms. The van der Waals surface area contributed by atoms with Crippen LogP contribution in [0.5, 0.6) is 0 Å². The monoisotopic (exact) mass is 300 g/mol. The number of rotatable bonds is 0. The molecule has 0 amide bonds. The molecule has 0 aliphatic heterocycles. The Balaban J connectivity index is 2.94. The summed E-state index contributed by atoms with van der Waals surface area (Å²) in [5, 5.41) is 0.963. The predicted octanol–water partition coefficient (Wildman–Crippen LogP) is 2.46. The highest BCUT2D eigenvalue weighted by molar-refractivity contribution is 14.1. The molecule has 0 saturated heterocycles. The molecular weight excluding hydrogens is 295 g/mol. The standard InChI is InChI=1S/C9H5IN2S/c1-2-7-8(11)5-3-12-4-6(10)9(5)13-7/h1,3-4H,11H2. The molecule has 0 radical (unpaired) electrons. The first-order chi connectivity index (χ1) is 6.24. The van der Waals surface area contributed by atoms with Gasteiger partial charge in [-0.15, -0.1) is 17.8 Å². The van der Waals surface area contributed by atoms with Crippen molar-refractivity contribution >= 4 is 49.7 Å². The molecule has 2 aromatic heterocycles. The molecule has 13 heavy (non-hydrogen) atoms. The third-order valence-electron chi connectivity index (χ3n) is 1.72. The number of hydrogen-bond acceptors (Lipinski definition) is 3. The summed E-state index contributed by atoms with van der Waals surface area (Å²) in [5.41, 5.74) is 6.52. The first-order valence-corrected chi connectivity index (χ1v) is 5.41. The van der Waals surface area contributed by atoms with Crippen LogP contribution >= 0.6 is 33.9 Å². The molecule has 0 saturated carbocycles. The highest BCUT2D eigenvalue weighted by Crippen LogP contribution is 2.34. The van der Waals surface area contributed by atoms with Gasteiger partial charge < -0.3 is 5.73 Å². The molecule has 0 fully saturated rings. The second-order valence-electron chi connectivity index (χ2n) is 2.49. The SMILES string of the molecule is C#Cc1sc2c(I)cncc2c1N. The average molecular weight is 300 g/mol. The normalized spacial score (nSPS) is 10.2. The van der Waals surface area contributed by atoms with Gasteiger partial charge in [-0.2, -0.15) is 0 Å². The van der Waals surface area contributed by atoms with E-state index in [0.717, 1.165) is 18.5 Å². The molecule has 0 atom stereocenters. The van der Waals surface area contributed by atoms with Crippen molar-refractivity contribution in [3.05, 3.63) is 20.8 Å². The van der Waals surface area contributed by atoms with Crippen molar-refractivity contribution in [3.8, 4) is 12.3 Å². The fourth-order valence-corrected chi connectivity index (χ4v) is 2.79. The predicted molar refractivity (Wildman–Crippen MR) is 64.7 cm³/mol. The van der Waals surface area contributed by atoms with E-state index in [-0.39, 0.29) is 0 Å². The molecule has 2 aromatic rings. The summed E-state index contributed by atoms with van der Waals surface area (Å²) >= 11 is 3.77. The molecule has 64 valence electrons. The van der Waals surface area contributed by atoms with E-state index in [1.807, 2.05) is 0 Å². The molecule has 2 rings (SSSR count). The van der Waals surface area contributed by atoms with E-state index in [0.29, 0.717) is 5.69 Å². The number of aromatic nitrogens is 1. The highest BCUT2D eigenvalue weighted by atomic mass is 127. The number of fused-ring (bicyclic) bond motifs is 1. The molecular formula is C9H5IN2S. The smallest absolute Gasteiger partial charge is 0.101 e. The van der Waals surface area contributed by atoms with Crippen LogP contribution in [0.3, 0.4) is 0 Å². The Morgan fingerprint density at radius 1 is 1.54 bits per heavy atom. The third kappa shape index (κ3) is 1.28. The zero-order valence-corrected chi connectivity index (χ0v) is 9.52.